The van der Waals surface area contributed by atoms with Crippen molar-refractivity contribution in [2.75, 3.05) is 6.54 Å². The molecule has 45 heavy (non-hydrogen) atoms. The van der Waals surface area contributed by atoms with E-state index in [0.29, 0.717) is 12.8 Å². The van der Waals surface area contributed by atoms with Gasteiger partial charge in [-0.15, -0.1) is 0 Å². The number of benzene rings is 2. The summed E-state index contributed by atoms with van der Waals surface area (Å²) in [7, 11) is 0. The Bertz CT molecular complexity index is 1470. The molecular weight excluding hydrogens is 576 g/mol. The molecular formula is C32H44N8O5. The van der Waals surface area contributed by atoms with Gasteiger partial charge in [-0.3, -0.25) is 19.4 Å². The Morgan fingerprint density at radius 1 is 0.844 bits per heavy atom. The molecule has 0 spiro atoms. The van der Waals surface area contributed by atoms with Crippen molar-refractivity contribution in [1.29, 1.82) is 0 Å². The zero-order valence-corrected chi connectivity index (χ0v) is 25.7. The fourth-order valence-electron chi connectivity index (χ4n) is 4.99. The minimum absolute atomic E-state index is 0.0563. The lowest BCUT2D eigenvalue weighted by Crippen LogP contribution is -2.58. The van der Waals surface area contributed by atoms with Crippen molar-refractivity contribution in [1.82, 2.24) is 20.9 Å². The quantitative estimate of drug-likeness (QED) is 0.0613. The molecule has 242 valence electrons. The lowest BCUT2D eigenvalue weighted by Gasteiger charge is -2.25. The summed E-state index contributed by atoms with van der Waals surface area (Å²) in [4.78, 5) is 59.5. The van der Waals surface area contributed by atoms with E-state index in [1.54, 1.807) is 6.20 Å². The highest BCUT2D eigenvalue weighted by atomic mass is 16.4. The van der Waals surface area contributed by atoms with Gasteiger partial charge in [0.15, 0.2) is 5.96 Å². The molecule has 13 nitrogen and oxygen atoms in total. The highest BCUT2D eigenvalue weighted by Gasteiger charge is 2.31. The molecule has 0 aliphatic carbocycles. The summed E-state index contributed by atoms with van der Waals surface area (Å²) >= 11 is 0. The number of amides is 3. The molecule has 11 N–H and O–H groups in total. The number of aliphatic imine (C=N–C) groups is 1. The fourth-order valence-corrected chi connectivity index (χ4v) is 4.99. The third-order valence-electron chi connectivity index (χ3n) is 7.27. The number of aliphatic carboxylic acids is 1. The van der Waals surface area contributed by atoms with Gasteiger partial charge in [-0.05, 0) is 42.4 Å². The highest BCUT2D eigenvalue weighted by molar-refractivity contribution is 5.95. The van der Waals surface area contributed by atoms with E-state index in [-0.39, 0.29) is 37.7 Å². The van der Waals surface area contributed by atoms with Crippen molar-refractivity contribution in [3.05, 3.63) is 71.9 Å². The number of hydrogen-bond acceptors (Lipinski definition) is 6. The van der Waals surface area contributed by atoms with Gasteiger partial charge in [-0.25, -0.2) is 4.79 Å². The smallest absolute Gasteiger partial charge is 0.326 e. The van der Waals surface area contributed by atoms with Crippen LogP contribution in [-0.4, -0.2) is 70.5 Å². The summed E-state index contributed by atoms with van der Waals surface area (Å²) in [6, 6.07) is 12.4. The van der Waals surface area contributed by atoms with Gasteiger partial charge in [0.05, 0.1) is 6.04 Å². The van der Waals surface area contributed by atoms with Crippen LogP contribution in [0.25, 0.3) is 10.9 Å². The Hall–Kier alpha value is -4.91. The van der Waals surface area contributed by atoms with Crippen LogP contribution in [0.5, 0.6) is 0 Å². The first-order valence-electron chi connectivity index (χ1n) is 15.0. The minimum atomic E-state index is -1.25. The van der Waals surface area contributed by atoms with Crippen LogP contribution in [-0.2, 0) is 32.0 Å². The maximum absolute atomic E-state index is 13.8. The molecule has 2 aromatic carbocycles. The van der Waals surface area contributed by atoms with Gasteiger partial charge in [0.1, 0.15) is 18.1 Å². The van der Waals surface area contributed by atoms with Crippen LogP contribution in [0.2, 0.25) is 0 Å². The molecule has 13 heteroatoms. The summed E-state index contributed by atoms with van der Waals surface area (Å²) in [6.07, 6.45) is 2.74. The zero-order valence-electron chi connectivity index (χ0n) is 25.7. The summed E-state index contributed by atoms with van der Waals surface area (Å²) in [5.41, 5.74) is 19.2. The van der Waals surface area contributed by atoms with Gasteiger partial charge in [0.25, 0.3) is 0 Å². The molecule has 3 rings (SSSR count). The summed E-state index contributed by atoms with van der Waals surface area (Å²) < 4.78 is 0. The number of carboxylic acids is 1. The van der Waals surface area contributed by atoms with Crippen molar-refractivity contribution in [2.24, 2.45) is 28.1 Å². The van der Waals surface area contributed by atoms with E-state index in [1.807, 2.05) is 68.4 Å². The second-order valence-corrected chi connectivity index (χ2v) is 11.5. The van der Waals surface area contributed by atoms with Crippen molar-refractivity contribution >= 4 is 40.6 Å². The largest absolute Gasteiger partial charge is 0.480 e. The molecule has 0 bridgehead atoms. The molecule has 4 atom stereocenters. The second kappa shape index (κ2) is 16.8. The van der Waals surface area contributed by atoms with Crippen LogP contribution >= 0.6 is 0 Å². The molecule has 4 unspecified atom stereocenters. The van der Waals surface area contributed by atoms with Gasteiger partial charge < -0.3 is 43.2 Å². The molecule has 0 saturated heterocycles. The third-order valence-corrected chi connectivity index (χ3v) is 7.27. The summed E-state index contributed by atoms with van der Waals surface area (Å²) in [6.45, 7) is 4.08. The van der Waals surface area contributed by atoms with Crippen LogP contribution in [0.15, 0.2) is 65.8 Å². The van der Waals surface area contributed by atoms with Gasteiger partial charge in [-0.2, -0.15) is 0 Å². The monoisotopic (exact) mass is 620 g/mol. The molecule has 1 heterocycles. The SMILES string of the molecule is CC(C)CC(N)C(=O)NC(Cc1ccccc1)C(=O)NC(Cc1c[nH]c2ccccc12)C(=O)NC(CCCN=C(N)N)C(=O)O. The van der Waals surface area contributed by atoms with E-state index < -0.39 is 47.9 Å². The molecule has 0 saturated carbocycles. The first-order chi connectivity index (χ1) is 21.4. The lowest BCUT2D eigenvalue weighted by molar-refractivity contribution is -0.142. The van der Waals surface area contributed by atoms with E-state index in [0.717, 1.165) is 22.0 Å². The molecule has 0 aliphatic heterocycles. The van der Waals surface area contributed by atoms with E-state index >= 15 is 0 Å². The number of nitrogens with one attached hydrogen (secondary N) is 4. The third kappa shape index (κ3) is 10.9. The number of nitrogens with zero attached hydrogens (tertiary/aromatic N) is 1. The molecule has 0 radical (unpaired) electrons. The Morgan fingerprint density at radius 2 is 1.44 bits per heavy atom. The lowest BCUT2D eigenvalue weighted by atomic mass is 10.00. The van der Waals surface area contributed by atoms with E-state index in [9.17, 15) is 24.3 Å². The number of carbonyl (C=O) groups is 4. The van der Waals surface area contributed by atoms with E-state index in [2.05, 4.69) is 25.9 Å². The fraction of sp³-hybridized carbons (Fsp3) is 0.406. The molecule has 3 amide bonds. The number of para-hydroxylation sites is 1. The van der Waals surface area contributed by atoms with Crippen LogP contribution in [0.1, 0.15) is 44.2 Å². The standard InChI is InChI=1S/C32H44N8O5/c1-19(2)15-23(33)28(41)39-26(16-20-9-4-3-5-10-20)29(42)40-27(17-21-18-37-24-12-7-6-11-22(21)24)30(43)38-25(31(44)45)13-8-14-36-32(34)35/h3-7,9-12,18-19,23,25-27,37H,8,13-17,33H2,1-2H3,(H,38,43)(H,39,41)(H,40,42)(H,44,45)(H4,34,35,36). The summed E-state index contributed by atoms with van der Waals surface area (Å²) in [5, 5.41) is 18.8. The molecule has 0 fully saturated rings. The topological polar surface area (TPSA) is 231 Å². The minimum Gasteiger partial charge on any atom is -0.480 e. The first kappa shape index (κ1) is 34.6. The first-order valence-corrected chi connectivity index (χ1v) is 15.0. The number of carbonyl (C=O) groups excluding carboxylic acids is 3. The summed E-state index contributed by atoms with van der Waals surface area (Å²) in [5.74, 6) is -2.97. The average molecular weight is 621 g/mol. The second-order valence-electron chi connectivity index (χ2n) is 11.5. The van der Waals surface area contributed by atoms with Crippen molar-refractivity contribution in [2.45, 2.75) is 70.1 Å². The Labute approximate surface area is 262 Å². The normalized spacial score (nSPS) is 13.8. The van der Waals surface area contributed by atoms with E-state index in [1.165, 1.54) is 0 Å². The predicted molar refractivity (Wildman–Crippen MR) is 173 cm³/mol. The van der Waals surface area contributed by atoms with Gasteiger partial charge in [0.2, 0.25) is 17.7 Å². The number of fused-ring (bicyclic) bond motifs is 1. The maximum Gasteiger partial charge on any atom is 0.326 e. The number of aromatic amines is 1. The van der Waals surface area contributed by atoms with E-state index in [4.69, 9.17) is 17.2 Å². The predicted octanol–water partition coefficient (Wildman–Crippen LogP) is 0.919. The number of guanidine groups is 1. The van der Waals surface area contributed by atoms with Crippen LogP contribution in [0, 0.1) is 5.92 Å². The maximum atomic E-state index is 13.8. The van der Waals surface area contributed by atoms with Gasteiger partial charge in [0, 0.05) is 36.5 Å². The Morgan fingerprint density at radius 3 is 2.09 bits per heavy atom. The van der Waals surface area contributed by atoms with Crippen molar-refractivity contribution < 1.29 is 24.3 Å². The van der Waals surface area contributed by atoms with Crippen LogP contribution < -0.4 is 33.2 Å². The Kier molecular flexibility index (Phi) is 12.9. The molecule has 0 aliphatic rings. The Balaban J connectivity index is 1.87. The number of hydrogen-bond donors (Lipinski definition) is 8. The van der Waals surface area contributed by atoms with Gasteiger partial charge in [-0.1, -0.05) is 62.4 Å². The molecule has 1 aromatic heterocycles. The molecule has 3 aromatic rings. The van der Waals surface area contributed by atoms with Crippen molar-refractivity contribution in [3.63, 3.8) is 0 Å². The van der Waals surface area contributed by atoms with Crippen LogP contribution in [0.4, 0.5) is 0 Å². The number of rotatable bonds is 17. The van der Waals surface area contributed by atoms with Crippen molar-refractivity contribution in [3.8, 4) is 0 Å². The number of nitrogens with two attached hydrogens (primary N) is 3. The zero-order chi connectivity index (χ0) is 32.9. The highest BCUT2D eigenvalue weighted by Crippen LogP contribution is 2.19. The average Bonchev–Trinajstić information content (AvgIpc) is 3.40. The van der Waals surface area contributed by atoms with Crippen LogP contribution in [0.3, 0.4) is 0 Å². The number of aromatic nitrogens is 1. The van der Waals surface area contributed by atoms with Gasteiger partial charge >= 0.3 is 5.97 Å². The number of H-pyrrole nitrogens is 1. The number of carboxylic acid groups (broad SMARTS) is 1.